The summed E-state index contributed by atoms with van der Waals surface area (Å²) in [5.74, 6) is 0. The topological polar surface area (TPSA) is 8.17 Å². The fourth-order valence-corrected chi connectivity index (χ4v) is 10.0. The number of anilines is 3. The molecule has 1 aromatic heterocycles. The number of benzene rings is 11. The molecule has 1 heterocycles. The molecule has 0 spiro atoms. The van der Waals surface area contributed by atoms with E-state index in [1.54, 1.807) is 0 Å². The smallest absolute Gasteiger partial charge is 0.0541 e. The van der Waals surface area contributed by atoms with Crippen LogP contribution in [0.4, 0.5) is 17.1 Å². The van der Waals surface area contributed by atoms with E-state index in [0.717, 1.165) is 33.9 Å². The largest absolute Gasteiger partial charge is 0.310 e. The molecule has 0 saturated heterocycles. The molecule has 0 amide bonds. The highest BCUT2D eigenvalue weighted by molar-refractivity contribution is 6.10. The molecule has 0 aliphatic carbocycles. The first kappa shape index (κ1) is 38.9. The minimum absolute atomic E-state index is 1.07. The summed E-state index contributed by atoms with van der Waals surface area (Å²) in [7, 11) is 0. The van der Waals surface area contributed by atoms with Gasteiger partial charge in [0.2, 0.25) is 0 Å². The van der Waals surface area contributed by atoms with Crippen LogP contribution >= 0.6 is 0 Å². The van der Waals surface area contributed by atoms with Gasteiger partial charge in [-0.1, -0.05) is 218 Å². The average Bonchev–Trinajstić information content (AvgIpc) is 3.73. The number of aromatic nitrogens is 1. The maximum absolute atomic E-state index is 2.44. The minimum atomic E-state index is 1.07. The third kappa shape index (κ3) is 6.84. The van der Waals surface area contributed by atoms with Crippen LogP contribution in [0.15, 0.2) is 267 Å². The van der Waals surface area contributed by atoms with E-state index in [0.29, 0.717) is 0 Å². The number of hydrogen-bond acceptors (Lipinski definition) is 1. The van der Waals surface area contributed by atoms with E-state index >= 15 is 0 Å². The molecule has 0 bridgehead atoms. The quantitative estimate of drug-likeness (QED) is 0.141. The first-order valence-electron chi connectivity index (χ1n) is 22.7. The number of hydrogen-bond donors (Lipinski definition) is 0. The van der Waals surface area contributed by atoms with E-state index in [1.807, 2.05) is 0 Å². The van der Waals surface area contributed by atoms with Crippen molar-refractivity contribution in [1.29, 1.82) is 0 Å². The van der Waals surface area contributed by atoms with Gasteiger partial charge in [0.1, 0.15) is 0 Å². The van der Waals surface area contributed by atoms with Gasteiger partial charge in [0.15, 0.2) is 0 Å². The third-order valence-corrected chi connectivity index (χ3v) is 13.0. The Morgan fingerprint density at radius 1 is 0.258 bits per heavy atom. The van der Waals surface area contributed by atoms with E-state index in [4.69, 9.17) is 0 Å². The van der Waals surface area contributed by atoms with Crippen molar-refractivity contribution in [3.8, 4) is 61.3 Å². The third-order valence-electron chi connectivity index (χ3n) is 13.0. The zero-order chi connectivity index (χ0) is 43.8. The molecule has 310 valence electrons. The molecular weight excluding hydrogens is 797 g/mol. The Hall–Kier alpha value is -8.72. The summed E-state index contributed by atoms with van der Waals surface area (Å²) in [4.78, 5) is 2.44. The van der Waals surface area contributed by atoms with Gasteiger partial charge < -0.3 is 9.47 Å². The fourth-order valence-electron chi connectivity index (χ4n) is 10.0. The second kappa shape index (κ2) is 16.8. The maximum Gasteiger partial charge on any atom is 0.0541 e. The van der Waals surface area contributed by atoms with Crippen LogP contribution in [0, 0.1) is 0 Å². The molecule has 0 aliphatic rings. The molecule has 12 rings (SSSR count). The number of rotatable bonds is 9. The number of fused-ring (bicyclic) bond motifs is 4. The van der Waals surface area contributed by atoms with Crippen LogP contribution in [-0.4, -0.2) is 4.57 Å². The summed E-state index contributed by atoms with van der Waals surface area (Å²) in [6, 6.07) is 96.9. The normalized spacial score (nSPS) is 11.3. The van der Waals surface area contributed by atoms with Gasteiger partial charge >= 0.3 is 0 Å². The Bertz CT molecular complexity index is 3650. The lowest BCUT2D eigenvalue weighted by atomic mass is 9.88. The molecule has 0 atom stereocenters. The van der Waals surface area contributed by atoms with Gasteiger partial charge in [0.05, 0.1) is 22.4 Å². The molecule has 2 nitrogen and oxygen atoms in total. The number of nitrogens with zero attached hydrogens (tertiary/aromatic N) is 2. The van der Waals surface area contributed by atoms with E-state index in [2.05, 4.69) is 276 Å². The Morgan fingerprint density at radius 2 is 0.727 bits per heavy atom. The predicted molar refractivity (Wildman–Crippen MR) is 280 cm³/mol. The van der Waals surface area contributed by atoms with E-state index in [1.165, 1.54) is 77.1 Å². The van der Waals surface area contributed by atoms with E-state index < -0.39 is 0 Å². The highest BCUT2D eigenvalue weighted by atomic mass is 15.1. The molecule has 0 N–H and O–H groups in total. The molecule has 0 unspecified atom stereocenters. The standard InChI is InChI=1S/C64H44N2/c1-2-20-45(21-3-1)52-27-6-7-29-55(52)56-30-8-9-31-57(56)58-32-11-15-37-62(58)65(50-25-18-24-48(44-50)53-35-19-23-46-22-4-5-26-51(46)53)49-42-40-47(41-43-49)54-28-10-14-36-61(54)66-63-38-16-12-33-59(63)60-34-13-17-39-64(60)66/h1-44H. The fraction of sp³-hybridized carbons (Fsp3) is 0. The second-order valence-electron chi connectivity index (χ2n) is 16.8. The van der Waals surface area contributed by atoms with E-state index in [-0.39, 0.29) is 0 Å². The van der Waals surface area contributed by atoms with Crippen LogP contribution in [0.5, 0.6) is 0 Å². The van der Waals surface area contributed by atoms with Crippen molar-refractivity contribution >= 4 is 49.6 Å². The summed E-state index contributed by atoms with van der Waals surface area (Å²) in [5.41, 5.74) is 18.6. The maximum atomic E-state index is 2.44. The van der Waals surface area contributed by atoms with Crippen LogP contribution in [0.25, 0.3) is 93.9 Å². The van der Waals surface area contributed by atoms with Gasteiger partial charge in [-0.05, 0) is 104 Å². The second-order valence-corrected chi connectivity index (χ2v) is 16.8. The van der Waals surface area contributed by atoms with Crippen LogP contribution in [0.2, 0.25) is 0 Å². The molecule has 0 aliphatic heterocycles. The number of para-hydroxylation sites is 4. The zero-order valence-electron chi connectivity index (χ0n) is 36.3. The summed E-state index contributed by atoms with van der Waals surface area (Å²) in [5, 5.41) is 4.97. The summed E-state index contributed by atoms with van der Waals surface area (Å²) >= 11 is 0. The highest BCUT2D eigenvalue weighted by Crippen LogP contribution is 2.46. The molecule has 0 radical (unpaired) electrons. The van der Waals surface area contributed by atoms with Crippen molar-refractivity contribution < 1.29 is 0 Å². The van der Waals surface area contributed by atoms with Gasteiger partial charge in [0, 0.05) is 33.3 Å². The monoisotopic (exact) mass is 840 g/mol. The zero-order valence-corrected chi connectivity index (χ0v) is 36.3. The van der Waals surface area contributed by atoms with Gasteiger partial charge in [-0.2, -0.15) is 0 Å². The lowest BCUT2D eigenvalue weighted by Gasteiger charge is -2.29. The lowest BCUT2D eigenvalue weighted by molar-refractivity contribution is 1.18. The Labute approximate surface area is 385 Å². The van der Waals surface area contributed by atoms with Crippen LogP contribution in [0.1, 0.15) is 0 Å². The molecule has 11 aromatic carbocycles. The van der Waals surface area contributed by atoms with Gasteiger partial charge in [0.25, 0.3) is 0 Å². The molecule has 0 fully saturated rings. The SMILES string of the molecule is c1ccc(-c2ccccc2-c2ccccc2-c2ccccc2N(c2ccc(-c3ccccc3-n3c4ccccc4c4ccccc43)cc2)c2cccc(-c3cccc4ccccc34)c2)cc1. The highest BCUT2D eigenvalue weighted by Gasteiger charge is 2.22. The lowest BCUT2D eigenvalue weighted by Crippen LogP contribution is -2.11. The molecule has 66 heavy (non-hydrogen) atoms. The molecule has 0 saturated carbocycles. The average molecular weight is 841 g/mol. The predicted octanol–water partition coefficient (Wildman–Crippen LogP) is 17.7. The van der Waals surface area contributed by atoms with Crippen molar-refractivity contribution in [2.45, 2.75) is 0 Å². The summed E-state index contributed by atoms with van der Waals surface area (Å²) in [6.07, 6.45) is 0. The minimum Gasteiger partial charge on any atom is -0.310 e. The summed E-state index contributed by atoms with van der Waals surface area (Å²) < 4.78 is 2.42. The van der Waals surface area contributed by atoms with Crippen molar-refractivity contribution in [2.75, 3.05) is 4.90 Å². The van der Waals surface area contributed by atoms with Crippen molar-refractivity contribution in [3.05, 3.63) is 267 Å². The van der Waals surface area contributed by atoms with E-state index in [9.17, 15) is 0 Å². The molecule has 2 heteroatoms. The van der Waals surface area contributed by atoms with Crippen molar-refractivity contribution in [3.63, 3.8) is 0 Å². The first-order valence-corrected chi connectivity index (χ1v) is 22.7. The Morgan fingerprint density at radius 3 is 1.45 bits per heavy atom. The van der Waals surface area contributed by atoms with Crippen LogP contribution in [-0.2, 0) is 0 Å². The van der Waals surface area contributed by atoms with Gasteiger partial charge in [-0.25, -0.2) is 0 Å². The van der Waals surface area contributed by atoms with Crippen molar-refractivity contribution in [2.24, 2.45) is 0 Å². The molecule has 12 aromatic rings. The first-order chi connectivity index (χ1) is 32.8. The van der Waals surface area contributed by atoms with Gasteiger partial charge in [-0.3, -0.25) is 0 Å². The van der Waals surface area contributed by atoms with Crippen LogP contribution < -0.4 is 4.90 Å². The Kier molecular flexibility index (Phi) is 9.89. The molecular formula is C64H44N2. The van der Waals surface area contributed by atoms with Crippen molar-refractivity contribution in [1.82, 2.24) is 4.57 Å². The summed E-state index contributed by atoms with van der Waals surface area (Å²) in [6.45, 7) is 0. The Balaban J connectivity index is 1.03. The van der Waals surface area contributed by atoms with Gasteiger partial charge in [-0.15, -0.1) is 0 Å². The van der Waals surface area contributed by atoms with Crippen LogP contribution in [0.3, 0.4) is 0 Å².